The largest absolute Gasteiger partial charge is 0.323 e. The number of aryl methyl sites for hydroxylation is 1. The molecule has 0 heterocycles. The molecular weight excluding hydrogens is 226 g/mol. The van der Waals surface area contributed by atoms with Crippen molar-refractivity contribution in [1.29, 1.82) is 0 Å². The molecule has 0 fully saturated rings. The molecule has 2 aromatic carbocycles. The van der Waals surface area contributed by atoms with Gasteiger partial charge in [0.15, 0.2) is 0 Å². The van der Waals surface area contributed by atoms with Crippen LogP contribution in [0.15, 0.2) is 59.5 Å². The van der Waals surface area contributed by atoms with Gasteiger partial charge in [-0.1, -0.05) is 48.0 Å². The van der Waals surface area contributed by atoms with E-state index in [1.807, 2.05) is 6.07 Å². The van der Waals surface area contributed by atoms with E-state index in [2.05, 4.69) is 55.5 Å². The van der Waals surface area contributed by atoms with Gasteiger partial charge in [-0.3, -0.25) is 0 Å². The van der Waals surface area contributed by atoms with Crippen molar-refractivity contribution in [2.45, 2.75) is 17.9 Å². The summed E-state index contributed by atoms with van der Waals surface area (Å²) in [5.74, 6) is 0.910. The maximum Gasteiger partial charge on any atom is 0.0390 e. The van der Waals surface area contributed by atoms with Crippen LogP contribution in [-0.2, 0) is 0 Å². The molecule has 17 heavy (non-hydrogen) atoms. The van der Waals surface area contributed by atoms with Gasteiger partial charge < -0.3 is 5.73 Å². The van der Waals surface area contributed by atoms with Crippen molar-refractivity contribution < 1.29 is 0 Å². The van der Waals surface area contributed by atoms with Crippen molar-refractivity contribution in [3.63, 3.8) is 0 Å². The van der Waals surface area contributed by atoms with E-state index < -0.39 is 0 Å². The van der Waals surface area contributed by atoms with Gasteiger partial charge in [0.05, 0.1) is 0 Å². The summed E-state index contributed by atoms with van der Waals surface area (Å²) in [5.41, 5.74) is 8.67. The third-order valence-corrected chi connectivity index (χ3v) is 3.77. The van der Waals surface area contributed by atoms with Crippen LogP contribution in [0.5, 0.6) is 0 Å². The highest BCUT2D eigenvalue weighted by atomic mass is 32.2. The van der Waals surface area contributed by atoms with Crippen molar-refractivity contribution in [2.24, 2.45) is 5.73 Å². The normalized spacial score (nSPS) is 12.4. The van der Waals surface area contributed by atoms with E-state index in [0.717, 1.165) is 5.75 Å². The molecule has 2 heteroatoms. The van der Waals surface area contributed by atoms with Crippen molar-refractivity contribution in [1.82, 2.24) is 0 Å². The second-order valence-corrected chi connectivity index (χ2v) is 5.24. The predicted octanol–water partition coefficient (Wildman–Crippen LogP) is 3.79. The van der Waals surface area contributed by atoms with Gasteiger partial charge in [-0.2, -0.15) is 0 Å². The van der Waals surface area contributed by atoms with Crippen LogP contribution in [0.1, 0.15) is 17.2 Å². The van der Waals surface area contributed by atoms with Crippen LogP contribution < -0.4 is 5.73 Å². The summed E-state index contributed by atoms with van der Waals surface area (Å²) >= 11 is 1.80. The lowest BCUT2D eigenvalue weighted by atomic mass is 10.1. The van der Waals surface area contributed by atoms with Gasteiger partial charge in [0.2, 0.25) is 0 Å². The van der Waals surface area contributed by atoms with E-state index in [9.17, 15) is 0 Å². The summed E-state index contributed by atoms with van der Waals surface area (Å²) < 4.78 is 0. The minimum absolute atomic E-state index is 0.0973. The topological polar surface area (TPSA) is 26.0 Å². The molecule has 0 aliphatic rings. The van der Waals surface area contributed by atoms with Crippen molar-refractivity contribution in [2.75, 3.05) is 5.75 Å². The first-order valence-corrected chi connectivity index (χ1v) is 6.74. The Morgan fingerprint density at radius 2 is 1.82 bits per heavy atom. The Morgan fingerprint density at radius 3 is 2.53 bits per heavy atom. The lowest BCUT2D eigenvalue weighted by molar-refractivity contribution is 0.830. The molecule has 0 radical (unpaired) electrons. The summed E-state index contributed by atoms with van der Waals surface area (Å²) in [6.07, 6.45) is 0. The molecular formula is C15H17NS. The fraction of sp³-hybridized carbons (Fsp3) is 0.200. The van der Waals surface area contributed by atoms with Crippen LogP contribution in [0.2, 0.25) is 0 Å². The smallest absolute Gasteiger partial charge is 0.0390 e. The van der Waals surface area contributed by atoms with Crippen LogP contribution >= 0.6 is 11.8 Å². The Kier molecular flexibility index (Phi) is 4.24. The Labute approximate surface area is 107 Å². The minimum Gasteiger partial charge on any atom is -0.323 e. The lowest BCUT2D eigenvalue weighted by Crippen LogP contribution is -2.12. The standard InChI is InChI=1S/C15H17NS/c1-12-6-5-7-13(10-12)15(16)11-17-14-8-3-2-4-9-14/h2-10,15H,11,16H2,1H3. The number of rotatable bonds is 4. The SMILES string of the molecule is Cc1cccc(C(N)CSc2ccccc2)c1. The van der Waals surface area contributed by atoms with Gasteiger partial charge in [-0.15, -0.1) is 11.8 Å². The van der Waals surface area contributed by atoms with E-state index in [-0.39, 0.29) is 6.04 Å². The zero-order valence-electron chi connectivity index (χ0n) is 9.97. The third kappa shape index (κ3) is 3.62. The Balaban J connectivity index is 1.96. The Hall–Kier alpha value is -1.25. The summed E-state index contributed by atoms with van der Waals surface area (Å²) in [7, 11) is 0. The first kappa shape index (κ1) is 12.2. The molecule has 0 spiro atoms. The van der Waals surface area contributed by atoms with E-state index in [0.29, 0.717) is 0 Å². The van der Waals surface area contributed by atoms with Crippen LogP contribution in [0.3, 0.4) is 0 Å². The number of nitrogens with two attached hydrogens (primary N) is 1. The van der Waals surface area contributed by atoms with Gasteiger partial charge in [0, 0.05) is 16.7 Å². The molecule has 88 valence electrons. The van der Waals surface area contributed by atoms with Crippen LogP contribution in [0.4, 0.5) is 0 Å². The van der Waals surface area contributed by atoms with Gasteiger partial charge in [0.25, 0.3) is 0 Å². The highest BCUT2D eigenvalue weighted by molar-refractivity contribution is 7.99. The third-order valence-electron chi connectivity index (χ3n) is 2.64. The summed E-state index contributed by atoms with van der Waals surface area (Å²) in [4.78, 5) is 1.27. The molecule has 1 nitrogen and oxygen atoms in total. The molecule has 0 aromatic heterocycles. The maximum absolute atomic E-state index is 6.19. The van der Waals surface area contributed by atoms with Crippen LogP contribution in [-0.4, -0.2) is 5.75 Å². The van der Waals surface area contributed by atoms with Crippen molar-refractivity contribution >= 4 is 11.8 Å². The second kappa shape index (κ2) is 5.89. The predicted molar refractivity (Wildman–Crippen MR) is 75.3 cm³/mol. The van der Waals surface area contributed by atoms with Gasteiger partial charge in [-0.05, 0) is 24.6 Å². The van der Waals surface area contributed by atoms with Crippen LogP contribution in [0, 0.1) is 6.92 Å². The number of benzene rings is 2. The molecule has 0 aliphatic heterocycles. The first-order chi connectivity index (χ1) is 8.25. The molecule has 1 atom stereocenters. The summed E-state index contributed by atoms with van der Waals surface area (Å²) in [6.45, 7) is 2.10. The molecule has 2 aromatic rings. The van der Waals surface area contributed by atoms with E-state index >= 15 is 0 Å². The van der Waals surface area contributed by atoms with Crippen molar-refractivity contribution in [3.05, 3.63) is 65.7 Å². The minimum atomic E-state index is 0.0973. The Bertz CT molecular complexity index is 467. The molecule has 2 rings (SSSR count). The fourth-order valence-electron chi connectivity index (χ4n) is 1.70. The van der Waals surface area contributed by atoms with Crippen LogP contribution in [0.25, 0.3) is 0 Å². The highest BCUT2D eigenvalue weighted by Crippen LogP contribution is 2.23. The number of hydrogen-bond donors (Lipinski definition) is 1. The van der Waals surface area contributed by atoms with Gasteiger partial charge in [-0.25, -0.2) is 0 Å². The monoisotopic (exact) mass is 243 g/mol. The second-order valence-electron chi connectivity index (χ2n) is 4.14. The van der Waals surface area contributed by atoms with E-state index in [1.165, 1.54) is 16.0 Å². The molecule has 0 saturated heterocycles. The average Bonchev–Trinajstić information content (AvgIpc) is 2.37. The van der Waals surface area contributed by atoms with E-state index in [4.69, 9.17) is 5.73 Å². The zero-order chi connectivity index (χ0) is 12.1. The molecule has 0 saturated carbocycles. The average molecular weight is 243 g/mol. The summed E-state index contributed by atoms with van der Waals surface area (Å²) in [5, 5.41) is 0. The number of thioether (sulfide) groups is 1. The van der Waals surface area contributed by atoms with Crippen molar-refractivity contribution in [3.8, 4) is 0 Å². The van der Waals surface area contributed by atoms with Gasteiger partial charge in [0.1, 0.15) is 0 Å². The zero-order valence-corrected chi connectivity index (χ0v) is 10.8. The summed E-state index contributed by atoms with van der Waals surface area (Å²) in [6, 6.07) is 18.9. The van der Waals surface area contributed by atoms with E-state index in [1.54, 1.807) is 11.8 Å². The molecule has 0 aliphatic carbocycles. The number of hydrogen-bond acceptors (Lipinski definition) is 2. The lowest BCUT2D eigenvalue weighted by Gasteiger charge is -2.12. The maximum atomic E-state index is 6.19. The molecule has 0 bridgehead atoms. The molecule has 0 amide bonds. The fourth-order valence-corrected chi connectivity index (χ4v) is 2.61. The molecule has 1 unspecified atom stereocenters. The molecule has 2 N–H and O–H groups in total. The quantitative estimate of drug-likeness (QED) is 0.827. The van der Waals surface area contributed by atoms with Gasteiger partial charge >= 0.3 is 0 Å². The highest BCUT2D eigenvalue weighted by Gasteiger charge is 2.06. The Morgan fingerprint density at radius 1 is 1.06 bits per heavy atom. The first-order valence-electron chi connectivity index (χ1n) is 5.76.